The summed E-state index contributed by atoms with van der Waals surface area (Å²) in [5.41, 5.74) is 7.75. The predicted octanol–water partition coefficient (Wildman–Crippen LogP) is 2.65. The third kappa shape index (κ3) is 2.50. The predicted molar refractivity (Wildman–Crippen MR) is 70.8 cm³/mol. The van der Waals surface area contributed by atoms with Crippen LogP contribution >= 0.6 is 15.9 Å². The summed E-state index contributed by atoms with van der Waals surface area (Å²) in [4.78, 5) is 2.37. The van der Waals surface area contributed by atoms with E-state index in [1.165, 1.54) is 5.69 Å². The molecule has 16 heavy (non-hydrogen) atoms. The molecule has 88 valence electrons. The molecule has 0 bridgehead atoms. The Bertz CT molecular complexity index is 362. The van der Waals surface area contributed by atoms with Crippen LogP contribution < -0.4 is 10.6 Å². The second-order valence-electron chi connectivity index (χ2n) is 4.13. The molecule has 0 aliphatic carbocycles. The fourth-order valence-electron chi connectivity index (χ4n) is 2.11. The van der Waals surface area contributed by atoms with Gasteiger partial charge in [0, 0.05) is 30.4 Å². The first-order valence-electron chi connectivity index (χ1n) is 5.53. The molecule has 0 radical (unpaired) electrons. The zero-order chi connectivity index (χ0) is 11.5. The van der Waals surface area contributed by atoms with Gasteiger partial charge in [0.1, 0.15) is 0 Å². The summed E-state index contributed by atoms with van der Waals surface area (Å²) in [6.07, 6.45) is 2.60. The van der Waals surface area contributed by atoms with Gasteiger partial charge in [-0.25, -0.2) is 0 Å². The summed E-state index contributed by atoms with van der Waals surface area (Å²) >= 11 is 3.56. The molecule has 0 amide bonds. The number of anilines is 2. The lowest BCUT2D eigenvalue weighted by Gasteiger charge is -2.33. The molecule has 1 fully saturated rings. The molecule has 4 heteroatoms. The first kappa shape index (κ1) is 11.7. The second-order valence-corrected chi connectivity index (χ2v) is 4.99. The van der Waals surface area contributed by atoms with Gasteiger partial charge in [0.25, 0.3) is 0 Å². The lowest BCUT2D eigenvalue weighted by molar-refractivity contribution is 0.0819. The summed E-state index contributed by atoms with van der Waals surface area (Å²) in [6.45, 7) is 2.09. The Morgan fingerprint density at radius 2 is 2.06 bits per heavy atom. The maximum atomic E-state index is 5.73. The van der Waals surface area contributed by atoms with Crippen LogP contribution in [0, 0.1) is 0 Å². The largest absolute Gasteiger partial charge is 0.399 e. The van der Waals surface area contributed by atoms with E-state index in [1.807, 2.05) is 12.1 Å². The zero-order valence-electron chi connectivity index (χ0n) is 9.45. The lowest BCUT2D eigenvalue weighted by atomic mass is 10.1. The average molecular weight is 285 g/mol. The minimum Gasteiger partial charge on any atom is -0.399 e. The van der Waals surface area contributed by atoms with Crippen molar-refractivity contribution in [2.75, 3.05) is 30.8 Å². The molecule has 2 N–H and O–H groups in total. The number of hydrogen-bond acceptors (Lipinski definition) is 3. The number of rotatable bonds is 2. The van der Waals surface area contributed by atoms with Crippen molar-refractivity contribution in [2.24, 2.45) is 0 Å². The van der Waals surface area contributed by atoms with Crippen molar-refractivity contribution in [1.29, 1.82) is 0 Å². The van der Waals surface area contributed by atoms with Crippen molar-refractivity contribution in [3.05, 3.63) is 22.7 Å². The highest BCUT2D eigenvalue weighted by molar-refractivity contribution is 9.10. The summed E-state index contributed by atoms with van der Waals surface area (Å²) in [6, 6.07) is 5.98. The Kier molecular flexibility index (Phi) is 3.71. The third-order valence-corrected chi connectivity index (χ3v) is 3.72. The molecule has 1 saturated heterocycles. The highest BCUT2D eigenvalue weighted by Crippen LogP contribution is 2.30. The minimum atomic E-state index is 0.420. The monoisotopic (exact) mass is 284 g/mol. The van der Waals surface area contributed by atoms with Gasteiger partial charge in [0.05, 0.1) is 11.8 Å². The summed E-state index contributed by atoms with van der Waals surface area (Å²) in [5, 5.41) is 0. The van der Waals surface area contributed by atoms with Gasteiger partial charge in [-0.2, -0.15) is 0 Å². The van der Waals surface area contributed by atoms with Gasteiger partial charge in [0.2, 0.25) is 0 Å². The third-order valence-electron chi connectivity index (χ3n) is 3.09. The van der Waals surface area contributed by atoms with Crippen molar-refractivity contribution in [3.8, 4) is 0 Å². The van der Waals surface area contributed by atoms with Crippen LogP contribution in [0.5, 0.6) is 0 Å². The molecule has 1 aliphatic heterocycles. The SMILES string of the molecule is COC1CCN(c2ccc(N)cc2Br)CC1. The summed E-state index contributed by atoms with van der Waals surface area (Å²) < 4.78 is 6.44. The first-order valence-corrected chi connectivity index (χ1v) is 6.33. The Hall–Kier alpha value is -0.740. The quantitative estimate of drug-likeness (QED) is 0.849. The Labute approximate surface area is 105 Å². The molecule has 0 aromatic heterocycles. The van der Waals surface area contributed by atoms with Crippen molar-refractivity contribution in [1.82, 2.24) is 0 Å². The molecular formula is C12H17BrN2O. The fourth-order valence-corrected chi connectivity index (χ4v) is 2.76. The zero-order valence-corrected chi connectivity index (χ0v) is 11.0. The number of piperidine rings is 1. The Morgan fingerprint density at radius 3 is 2.62 bits per heavy atom. The van der Waals surface area contributed by atoms with E-state index < -0.39 is 0 Å². The standard InChI is InChI=1S/C12H17BrN2O/c1-16-10-4-6-15(7-5-10)12-3-2-9(14)8-11(12)13/h2-3,8,10H,4-7,14H2,1H3. The van der Waals surface area contributed by atoms with Gasteiger partial charge in [-0.1, -0.05) is 0 Å². The smallest absolute Gasteiger partial charge is 0.0605 e. The number of nitrogens with zero attached hydrogens (tertiary/aromatic N) is 1. The van der Waals surface area contributed by atoms with Gasteiger partial charge >= 0.3 is 0 Å². The summed E-state index contributed by atoms with van der Waals surface area (Å²) in [5.74, 6) is 0. The molecule has 1 aliphatic rings. The van der Waals surface area contributed by atoms with Gasteiger partial charge in [-0.05, 0) is 47.0 Å². The van der Waals surface area contributed by atoms with Crippen molar-refractivity contribution in [2.45, 2.75) is 18.9 Å². The van der Waals surface area contributed by atoms with E-state index in [1.54, 1.807) is 7.11 Å². The molecule has 2 rings (SSSR count). The number of benzene rings is 1. The van der Waals surface area contributed by atoms with Crippen molar-refractivity contribution >= 4 is 27.3 Å². The number of halogens is 1. The minimum absolute atomic E-state index is 0.420. The van der Waals surface area contributed by atoms with Gasteiger partial charge in [-0.3, -0.25) is 0 Å². The van der Waals surface area contributed by atoms with Crippen LogP contribution in [0.4, 0.5) is 11.4 Å². The van der Waals surface area contributed by atoms with E-state index in [-0.39, 0.29) is 0 Å². The number of nitrogen functional groups attached to an aromatic ring is 1. The normalized spacial score (nSPS) is 17.8. The molecule has 1 aromatic carbocycles. The molecule has 0 spiro atoms. The molecule has 0 unspecified atom stereocenters. The Balaban J connectivity index is 2.08. The number of hydrogen-bond donors (Lipinski definition) is 1. The van der Waals surface area contributed by atoms with E-state index in [4.69, 9.17) is 10.5 Å². The lowest BCUT2D eigenvalue weighted by Crippen LogP contribution is -2.36. The molecule has 1 heterocycles. The van der Waals surface area contributed by atoms with E-state index in [9.17, 15) is 0 Å². The first-order chi connectivity index (χ1) is 7.70. The van der Waals surface area contributed by atoms with Gasteiger partial charge < -0.3 is 15.4 Å². The molecule has 0 atom stereocenters. The van der Waals surface area contributed by atoms with Crippen LogP contribution in [-0.2, 0) is 4.74 Å². The molecule has 1 aromatic rings. The van der Waals surface area contributed by atoms with Gasteiger partial charge in [-0.15, -0.1) is 0 Å². The van der Waals surface area contributed by atoms with Crippen LogP contribution in [-0.4, -0.2) is 26.3 Å². The van der Waals surface area contributed by atoms with Crippen molar-refractivity contribution in [3.63, 3.8) is 0 Å². The Morgan fingerprint density at radius 1 is 1.38 bits per heavy atom. The fraction of sp³-hybridized carbons (Fsp3) is 0.500. The van der Waals surface area contributed by atoms with Crippen LogP contribution in [0.3, 0.4) is 0 Å². The van der Waals surface area contributed by atoms with E-state index in [0.29, 0.717) is 6.10 Å². The summed E-state index contributed by atoms with van der Waals surface area (Å²) in [7, 11) is 1.79. The van der Waals surface area contributed by atoms with Gasteiger partial charge in [0.15, 0.2) is 0 Å². The second kappa shape index (κ2) is 5.06. The molecular weight excluding hydrogens is 268 g/mol. The average Bonchev–Trinajstić information content (AvgIpc) is 2.29. The van der Waals surface area contributed by atoms with E-state index in [0.717, 1.165) is 36.1 Å². The molecule has 0 saturated carbocycles. The maximum Gasteiger partial charge on any atom is 0.0605 e. The van der Waals surface area contributed by atoms with Crippen LogP contribution in [0.15, 0.2) is 22.7 Å². The van der Waals surface area contributed by atoms with E-state index >= 15 is 0 Å². The van der Waals surface area contributed by atoms with Crippen LogP contribution in [0.25, 0.3) is 0 Å². The topological polar surface area (TPSA) is 38.5 Å². The highest BCUT2D eigenvalue weighted by Gasteiger charge is 2.20. The highest BCUT2D eigenvalue weighted by atomic mass is 79.9. The van der Waals surface area contributed by atoms with Crippen LogP contribution in [0.1, 0.15) is 12.8 Å². The maximum absolute atomic E-state index is 5.73. The molecule has 3 nitrogen and oxygen atoms in total. The number of methoxy groups -OCH3 is 1. The number of ether oxygens (including phenoxy) is 1. The van der Waals surface area contributed by atoms with Crippen LogP contribution in [0.2, 0.25) is 0 Å². The van der Waals surface area contributed by atoms with Crippen molar-refractivity contribution < 1.29 is 4.74 Å². The number of nitrogens with two attached hydrogens (primary N) is 1. The van der Waals surface area contributed by atoms with E-state index in [2.05, 4.69) is 26.9 Å².